The van der Waals surface area contributed by atoms with Gasteiger partial charge in [-0.3, -0.25) is 10.00 Å². The minimum Gasteiger partial charge on any atom is -0.328 e. The van der Waals surface area contributed by atoms with Crippen molar-refractivity contribution in [2.75, 3.05) is 5.32 Å². The maximum Gasteiger partial charge on any atom is 0.320 e. The van der Waals surface area contributed by atoms with Crippen LogP contribution < -0.4 is 10.6 Å². The van der Waals surface area contributed by atoms with Gasteiger partial charge in [0.15, 0.2) is 0 Å². The van der Waals surface area contributed by atoms with Crippen LogP contribution in [-0.2, 0) is 13.6 Å². The Hall–Kier alpha value is -3.16. The largest absolute Gasteiger partial charge is 0.328 e. The maximum absolute atomic E-state index is 12.4. The van der Waals surface area contributed by atoms with Crippen molar-refractivity contribution < 1.29 is 4.79 Å². The molecule has 2 amide bonds. The summed E-state index contributed by atoms with van der Waals surface area (Å²) in [6, 6.07) is 11.1. The van der Waals surface area contributed by atoms with Crippen LogP contribution in [-0.4, -0.2) is 30.6 Å². The van der Waals surface area contributed by atoms with Gasteiger partial charge in [0.1, 0.15) is 18.0 Å². The van der Waals surface area contributed by atoms with Gasteiger partial charge in [-0.2, -0.15) is 10.2 Å². The third-order valence-electron chi connectivity index (χ3n) is 4.01. The van der Waals surface area contributed by atoms with Gasteiger partial charge >= 0.3 is 6.03 Å². The number of benzene rings is 1. The summed E-state index contributed by atoms with van der Waals surface area (Å²) in [7, 11) is 1.79. The van der Waals surface area contributed by atoms with Crippen molar-refractivity contribution in [1.82, 2.24) is 29.9 Å². The molecule has 26 heavy (non-hydrogen) atoms. The maximum atomic E-state index is 12.4. The molecule has 0 aliphatic rings. The summed E-state index contributed by atoms with van der Waals surface area (Å²) in [4.78, 5) is 16.6. The fourth-order valence-electron chi connectivity index (χ4n) is 2.74. The monoisotopic (exact) mass is 353 g/mol. The molecule has 3 aromatic rings. The first-order valence-corrected chi connectivity index (χ1v) is 8.63. The number of hydrogen-bond donors (Lipinski definition) is 2. The van der Waals surface area contributed by atoms with Crippen molar-refractivity contribution >= 4 is 11.8 Å². The average molecular weight is 353 g/mol. The van der Waals surface area contributed by atoms with Gasteiger partial charge in [-0.15, -0.1) is 0 Å². The molecule has 1 atom stereocenters. The second kappa shape index (κ2) is 7.81. The fourth-order valence-corrected chi connectivity index (χ4v) is 2.74. The Balaban J connectivity index is 1.67. The van der Waals surface area contributed by atoms with E-state index in [4.69, 9.17) is 0 Å². The van der Waals surface area contributed by atoms with Crippen LogP contribution in [0.1, 0.15) is 32.1 Å². The van der Waals surface area contributed by atoms with Crippen molar-refractivity contribution in [2.45, 2.75) is 32.9 Å². The number of nitrogens with one attached hydrogen (secondary N) is 2. The second-order valence-electron chi connectivity index (χ2n) is 6.07. The zero-order valence-corrected chi connectivity index (χ0v) is 15.2. The lowest BCUT2D eigenvalue weighted by molar-refractivity contribution is 0.248. The molecule has 8 heteroatoms. The van der Waals surface area contributed by atoms with Crippen LogP contribution in [0.25, 0.3) is 11.3 Å². The summed E-state index contributed by atoms with van der Waals surface area (Å²) in [6.07, 6.45) is 2.46. The highest BCUT2D eigenvalue weighted by Gasteiger charge is 2.16. The van der Waals surface area contributed by atoms with Crippen LogP contribution in [0.2, 0.25) is 0 Å². The molecule has 2 heterocycles. The van der Waals surface area contributed by atoms with Crippen molar-refractivity contribution in [2.24, 2.45) is 7.05 Å². The van der Waals surface area contributed by atoms with Gasteiger partial charge in [0.05, 0.1) is 11.7 Å². The lowest BCUT2D eigenvalue weighted by Gasteiger charge is -2.15. The number of hydrogen-bond acceptors (Lipinski definition) is 4. The summed E-state index contributed by atoms with van der Waals surface area (Å²) in [5.74, 6) is 1.35. The zero-order chi connectivity index (χ0) is 18.5. The molecule has 0 unspecified atom stereocenters. The number of urea groups is 1. The SMILES string of the molecule is CCCn1ncnc1[C@@H](C)NC(=O)Nc1cc(-c2ccccc2)nn1C. The van der Waals surface area contributed by atoms with Crippen molar-refractivity contribution in [3.63, 3.8) is 0 Å². The molecule has 0 fully saturated rings. The Morgan fingerprint density at radius 2 is 2.04 bits per heavy atom. The third-order valence-corrected chi connectivity index (χ3v) is 4.01. The number of nitrogens with zero attached hydrogens (tertiary/aromatic N) is 5. The minimum absolute atomic E-state index is 0.258. The van der Waals surface area contributed by atoms with Gasteiger partial charge in [0.2, 0.25) is 0 Å². The van der Waals surface area contributed by atoms with Crippen LogP contribution in [0, 0.1) is 0 Å². The number of rotatable bonds is 6. The Kier molecular flexibility index (Phi) is 5.31. The Bertz CT molecular complexity index is 869. The van der Waals surface area contributed by atoms with Crippen LogP contribution in [0.15, 0.2) is 42.7 Å². The summed E-state index contributed by atoms with van der Waals surface area (Å²) < 4.78 is 3.45. The van der Waals surface area contributed by atoms with Crippen LogP contribution in [0.4, 0.5) is 10.6 Å². The normalized spacial score (nSPS) is 12.0. The standard InChI is InChI=1S/C18H23N7O/c1-4-10-25-17(19-12-20-25)13(2)21-18(26)22-16-11-15(23-24(16)3)14-8-6-5-7-9-14/h5-9,11-13H,4,10H2,1-3H3,(H2,21,22,26)/t13-/m1/s1. The van der Waals surface area contributed by atoms with Gasteiger partial charge < -0.3 is 5.32 Å². The highest BCUT2D eigenvalue weighted by molar-refractivity contribution is 5.89. The number of amides is 2. The van der Waals surface area contributed by atoms with E-state index in [9.17, 15) is 4.79 Å². The molecule has 1 aromatic carbocycles. The summed E-state index contributed by atoms with van der Waals surface area (Å²) in [5, 5.41) is 14.4. The predicted octanol–water partition coefficient (Wildman–Crippen LogP) is 2.97. The van der Waals surface area contributed by atoms with E-state index in [0.29, 0.717) is 5.82 Å². The third kappa shape index (κ3) is 3.90. The quantitative estimate of drug-likeness (QED) is 0.713. The molecular weight excluding hydrogens is 330 g/mol. The molecule has 0 saturated carbocycles. The van der Waals surface area contributed by atoms with E-state index in [1.165, 1.54) is 6.33 Å². The van der Waals surface area contributed by atoms with Crippen LogP contribution in [0.3, 0.4) is 0 Å². The molecule has 2 aromatic heterocycles. The molecule has 3 rings (SSSR count). The Morgan fingerprint density at radius 1 is 1.27 bits per heavy atom. The Morgan fingerprint density at radius 3 is 2.77 bits per heavy atom. The predicted molar refractivity (Wildman–Crippen MR) is 99.5 cm³/mol. The smallest absolute Gasteiger partial charge is 0.320 e. The lowest BCUT2D eigenvalue weighted by atomic mass is 10.2. The molecule has 0 radical (unpaired) electrons. The van der Waals surface area contributed by atoms with E-state index in [-0.39, 0.29) is 12.1 Å². The van der Waals surface area contributed by atoms with Gasteiger partial charge in [0, 0.05) is 25.2 Å². The van der Waals surface area contributed by atoms with E-state index in [0.717, 1.165) is 30.0 Å². The van der Waals surface area contributed by atoms with E-state index >= 15 is 0 Å². The van der Waals surface area contributed by atoms with Gasteiger partial charge in [-0.1, -0.05) is 37.3 Å². The topological polar surface area (TPSA) is 89.7 Å². The Labute approximate surface area is 152 Å². The van der Waals surface area contributed by atoms with E-state index in [1.54, 1.807) is 11.7 Å². The fraction of sp³-hybridized carbons (Fsp3) is 0.333. The molecule has 0 saturated heterocycles. The molecule has 0 spiro atoms. The van der Waals surface area contributed by atoms with E-state index in [1.807, 2.05) is 48.0 Å². The molecule has 2 N–H and O–H groups in total. The van der Waals surface area contributed by atoms with Crippen molar-refractivity contribution in [1.29, 1.82) is 0 Å². The van der Waals surface area contributed by atoms with Crippen LogP contribution in [0.5, 0.6) is 0 Å². The first-order chi connectivity index (χ1) is 12.6. The van der Waals surface area contributed by atoms with Gasteiger partial charge in [-0.25, -0.2) is 14.5 Å². The van der Waals surface area contributed by atoms with Gasteiger partial charge in [0.25, 0.3) is 0 Å². The minimum atomic E-state index is -0.314. The molecule has 0 bridgehead atoms. The number of aromatic nitrogens is 5. The second-order valence-corrected chi connectivity index (χ2v) is 6.07. The highest BCUT2D eigenvalue weighted by atomic mass is 16.2. The molecule has 0 aliphatic heterocycles. The number of carbonyl (C=O) groups excluding carboxylic acids is 1. The molecule has 8 nitrogen and oxygen atoms in total. The summed E-state index contributed by atoms with van der Waals surface area (Å²) in [6.45, 7) is 4.72. The van der Waals surface area contributed by atoms with E-state index in [2.05, 4.69) is 32.7 Å². The zero-order valence-electron chi connectivity index (χ0n) is 15.2. The van der Waals surface area contributed by atoms with Crippen molar-refractivity contribution in [3.05, 3.63) is 48.5 Å². The summed E-state index contributed by atoms with van der Waals surface area (Å²) >= 11 is 0. The lowest BCUT2D eigenvalue weighted by Crippen LogP contribution is -2.33. The number of anilines is 1. The average Bonchev–Trinajstić information content (AvgIpc) is 3.23. The van der Waals surface area contributed by atoms with Crippen molar-refractivity contribution in [3.8, 4) is 11.3 Å². The number of carbonyl (C=O) groups is 1. The first-order valence-electron chi connectivity index (χ1n) is 8.63. The summed E-state index contributed by atoms with van der Waals surface area (Å²) in [5.41, 5.74) is 1.80. The molecule has 0 aliphatic carbocycles. The van der Waals surface area contributed by atoms with E-state index < -0.39 is 0 Å². The van der Waals surface area contributed by atoms with Gasteiger partial charge in [-0.05, 0) is 13.3 Å². The molecular formula is C18H23N7O. The first kappa shape index (κ1) is 17.7. The highest BCUT2D eigenvalue weighted by Crippen LogP contribution is 2.21. The van der Waals surface area contributed by atoms with Crippen LogP contribution >= 0.6 is 0 Å². The number of aryl methyl sites for hydroxylation is 2. The molecule has 136 valence electrons.